The van der Waals surface area contributed by atoms with E-state index in [4.69, 9.17) is 21.4 Å². The van der Waals surface area contributed by atoms with Crippen LogP contribution in [0.4, 0.5) is 0 Å². The largest absolute Gasteiger partial charge is 0.497 e. The summed E-state index contributed by atoms with van der Waals surface area (Å²) in [5.74, 6) is 0.0997. The lowest BCUT2D eigenvalue weighted by atomic mass is 10.2. The summed E-state index contributed by atoms with van der Waals surface area (Å²) < 4.78 is 6.73. The van der Waals surface area contributed by atoms with E-state index in [-0.39, 0.29) is 10.6 Å². The Kier molecular flexibility index (Phi) is 3.23. The molecule has 3 rings (SSSR count). The summed E-state index contributed by atoms with van der Waals surface area (Å²) in [5.41, 5.74) is 1.22. The van der Waals surface area contributed by atoms with Gasteiger partial charge in [-0.15, -0.1) is 10.2 Å². The number of halogens is 1. The lowest BCUT2D eigenvalue weighted by Crippen LogP contribution is -2.00. The van der Waals surface area contributed by atoms with Gasteiger partial charge in [0.1, 0.15) is 5.75 Å². The first-order valence-electron chi connectivity index (χ1n) is 6.02. The fraction of sp³-hybridized carbons (Fsp3) is 0.0714. The van der Waals surface area contributed by atoms with E-state index in [1.807, 2.05) is 18.2 Å². The molecule has 0 spiro atoms. The first-order chi connectivity index (χ1) is 10.1. The number of fused-ring (bicyclic) bond motifs is 1. The zero-order valence-electron chi connectivity index (χ0n) is 10.9. The summed E-state index contributed by atoms with van der Waals surface area (Å²) >= 11 is 6.05. The predicted octanol–water partition coefficient (Wildman–Crippen LogP) is 2.76. The molecule has 0 saturated carbocycles. The molecular formula is C14H10ClN3O3. The molecule has 0 aliphatic rings. The van der Waals surface area contributed by atoms with E-state index in [0.717, 1.165) is 5.56 Å². The minimum absolute atomic E-state index is 0.0662. The van der Waals surface area contributed by atoms with Crippen LogP contribution in [0.15, 0.2) is 36.5 Å². The van der Waals surface area contributed by atoms with Gasteiger partial charge in [-0.05, 0) is 18.2 Å². The molecule has 0 unspecified atom stereocenters. The van der Waals surface area contributed by atoms with Crippen molar-refractivity contribution in [1.82, 2.24) is 14.6 Å². The van der Waals surface area contributed by atoms with Gasteiger partial charge in [0.15, 0.2) is 11.5 Å². The van der Waals surface area contributed by atoms with E-state index in [2.05, 4.69) is 10.2 Å². The normalized spacial score (nSPS) is 10.8. The Morgan fingerprint density at radius 2 is 2.14 bits per heavy atom. The predicted molar refractivity (Wildman–Crippen MR) is 76.9 cm³/mol. The third-order valence-electron chi connectivity index (χ3n) is 3.03. The van der Waals surface area contributed by atoms with E-state index >= 15 is 0 Å². The molecule has 106 valence electrons. The van der Waals surface area contributed by atoms with Crippen molar-refractivity contribution in [3.63, 3.8) is 0 Å². The summed E-state index contributed by atoms with van der Waals surface area (Å²) in [4.78, 5) is 11.1. The number of hydrogen-bond donors (Lipinski definition) is 1. The van der Waals surface area contributed by atoms with Crippen LogP contribution < -0.4 is 4.74 Å². The number of aromatic nitrogens is 3. The van der Waals surface area contributed by atoms with Gasteiger partial charge in [-0.1, -0.05) is 23.7 Å². The molecule has 0 fully saturated rings. The van der Waals surface area contributed by atoms with Gasteiger partial charge < -0.3 is 9.84 Å². The Balaban J connectivity index is 2.25. The van der Waals surface area contributed by atoms with Crippen LogP contribution in [0, 0.1) is 0 Å². The second kappa shape index (κ2) is 5.06. The molecule has 1 aromatic carbocycles. The van der Waals surface area contributed by atoms with E-state index in [1.165, 1.54) is 12.3 Å². The smallest absolute Gasteiger partial charge is 0.337 e. The Hall–Kier alpha value is -2.60. The van der Waals surface area contributed by atoms with Crippen molar-refractivity contribution in [2.24, 2.45) is 0 Å². The molecule has 0 atom stereocenters. The fourth-order valence-corrected chi connectivity index (χ4v) is 2.28. The van der Waals surface area contributed by atoms with Gasteiger partial charge in [0.25, 0.3) is 0 Å². The fourth-order valence-electron chi connectivity index (χ4n) is 2.03. The topological polar surface area (TPSA) is 76.7 Å². The maximum Gasteiger partial charge on any atom is 0.337 e. The first kappa shape index (κ1) is 13.4. The lowest BCUT2D eigenvalue weighted by molar-refractivity contribution is 0.0696. The Bertz CT molecular complexity index is 845. The standard InChI is InChI=1S/C14H10ClN3O3/c1-21-10-4-2-3-8(5-10)12-16-17-13-11(15)6-9(14(19)20)7-18(12)13/h2-7H,1H3,(H,19,20). The molecule has 0 aliphatic heterocycles. The molecule has 1 N–H and O–H groups in total. The Labute approximate surface area is 124 Å². The van der Waals surface area contributed by atoms with Crippen LogP contribution >= 0.6 is 11.6 Å². The number of hydrogen-bond acceptors (Lipinski definition) is 4. The van der Waals surface area contributed by atoms with Gasteiger partial charge in [0.2, 0.25) is 0 Å². The van der Waals surface area contributed by atoms with Crippen LogP contribution in [0.25, 0.3) is 17.0 Å². The second-order valence-electron chi connectivity index (χ2n) is 4.33. The highest BCUT2D eigenvalue weighted by Gasteiger charge is 2.15. The monoisotopic (exact) mass is 303 g/mol. The molecule has 0 radical (unpaired) electrons. The lowest BCUT2D eigenvalue weighted by Gasteiger charge is -2.04. The highest BCUT2D eigenvalue weighted by atomic mass is 35.5. The number of pyridine rings is 1. The molecule has 0 saturated heterocycles. The van der Waals surface area contributed by atoms with Gasteiger partial charge in [0.05, 0.1) is 17.7 Å². The van der Waals surface area contributed by atoms with Crippen molar-refractivity contribution < 1.29 is 14.6 Å². The van der Waals surface area contributed by atoms with Crippen LogP contribution in [-0.4, -0.2) is 32.8 Å². The minimum atomic E-state index is -1.07. The van der Waals surface area contributed by atoms with E-state index in [9.17, 15) is 4.79 Å². The van der Waals surface area contributed by atoms with Crippen molar-refractivity contribution in [3.05, 3.63) is 47.1 Å². The Morgan fingerprint density at radius 3 is 2.86 bits per heavy atom. The molecular weight excluding hydrogens is 294 g/mol. The first-order valence-corrected chi connectivity index (χ1v) is 6.40. The Morgan fingerprint density at radius 1 is 1.33 bits per heavy atom. The number of carboxylic acids is 1. The van der Waals surface area contributed by atoms with E-state index in [0.29, 0.717) is 17.2 Å². The summed E-state index contributed by atoms with van der Waals surface area (Å²) in [6.45, 7) is 0. The van der Waals surface area contributed by atoms with Crippen molar-refractivity contribution >= 4 is 23.2 Å². The van der Waals surface area contributed by atoms with Crippen LogP contribution in [0.2, 0.25) is 5.02 Å². The average molecular weight is 304 g/mol. The summed E-state index contributed by atoms with van der Waals surface area (Å²) in [5, 5.41) is 17.4. The minimum Gasteiger partial charge on any atom is -0.497 e. The average Bonchev–Trinajstić information content (AvgIpc) is 2.91. The second-order valence-corrected chi connectivity index (χ2v) is 4.74. The maximum atomic E-state index is 11.1. The van der Waals surface area contributed by atoms with Gasteiger partial charge in [-0.25, -0.2) is 4.79 Å². The number of nitrogens with zero attached hydrogens (tertiary/aromatic N) is 3. The van der Waals surface area contributed by atoms with Gasteiger partial charge >= 0.3 is 5.97 Å². The van der Waals surface area contributed by atoms with Gasteiger partial charge in [0, 0.05) is 11.8 Å². The number of rotatable bonds is 3. The quantitative estimate of drug-likeness (QED) is 0.805. The van der Waals surface area contributed by atoms with Crippen LogP contribution in [0.3, 0.4) is 0 Å². The van der Waals surface area contributed by atoms with Crippen LogP contribution in [0.5, 0.6) is 5.75 Å². The van der Waals surface area contributed by atoms with Crippen LogP contribution in [0.1, 0.15) is 10.4 Å². The van der Waals surface area contributed by atoms with Crippen LogP contribution in [-0.2, 0) is 0 Å². The highest BCUT2D eigenvalue weighted by Crippen LogP contribution is 2.26. The summed E-state index contributed by atoms with van der Waals surface area (Å²) in [6.07, 6.45) is 1.44. The molecule has 0 bridgehead atoms. The summed E-state index contributed by atoms with van der Waals surface area (Å²) in [7, 11) is 1.57. The molecule has 3 aromatic rings. The highest BCUT2D eigenvalue weighted by molar-refractivity contribution is 6.33. The van der Waals surface area contributed by atoms with Crippen molar-refractivity contribution in [2.45, 2.75) is 0 Å². The molecule has 21 heavy (non-hydrogen) atoms. The van der Waals surface area contributed by atoms with E-state index in [1.54, 1.807) is 17.6 Å². The molecule has 6 nitrogen and oxygen atoms in total. The summed E-state index contributed by atoms with van der Waals surface area (Å²) in [6, 6.07) is 8.60. The SMILES string of the molecule is COc1cccc(-c2nnc3c(Cl)cc(C(=O)O)cn23)c1. The number of carbonyl (C=O) groups is 1. The van der Waals surface area contributed by atoms with Crippen molar-refractivity contribution in [2.75, 3.05) is 7.11 Å². The van der Waals surface area contributed by atoms with Crippen molar-refractivity contribution in [3.8, 4) is 17.1 Å². The van der Waals surface area contributed by atoms with Gasteiger partial charge in [-0.3, -0.25) is 4.40 Å². The third-order valence-corrected chi connectivity index (χ3v) is 3.31. The van der Waals surface area contributed by atoms with Crippen molar-refractivity contribution in [1.29, 1.82) is 0 Å². The van der Waals surface area contributed by atoms with E-state index < -0.39 is 5.97 Å². The molecule has 7 heteroatoms. The number of aromatic carboxylic acids is 1. The number of ether oxygens (including phenoxy) is 1. The number of carboxylic acid groups (broad SMARTS) is 1. The van der Waals surface area contributed by atoms with Gasteiger partial charge in [-0.2, -0.15) is 0 Å². The molecule has 0 aliphatic carbocycles. The maximum absolute atomic E-state index is 11.1. The molecule has 0 amide bonds. The third kappa shape index (κ3) is 2.30. The number of methoxy groups -OCH3 is 1. The zero-order chi connectivity index (χ0) is 15.0. The zero-order valence-corrected chi connectivity index (χ0v) is 11.7. The molecule has 2 heterocycles. The molecule has 2 aromatic heterocycles. The number of benzene rings is 1.